The fourth-order valence-corrected chi connectivity index (χ4v) is 2.94. The Morgan fingerprint density at radius 3 is 2.72 bits per heavy atom. The van der Waals surface area contributed by atoms with E-state index in [1.54, 1.807) is 11.8 Å². The molecule has 0 aromatic heterocycles. The summed E-state index contributed by atoms with van der Waals surface area (Å²) in [5.74, 6) is -1.59. The van der Waals surface area contributed by atoms with E-state index in [4.69, 9.17) is 26.2 Å². The molecule has 1 fully saturated rings. The normalized spacial score (nSPS) is 16.3. The average Bonchev–Trinajstić information content (AvgIpc) is 2.58. The first-order valence-electron chi connectivity index (χ1n) is 8.10. The lowest BCUT2D eigenvalue weighted by Crippen LogP contribution is -2.49. The largest absolute Gasteiger partial charge is 0.481 e. The van der Waals surface area contributed by atoms with Gasteiger partial charge in [-0.05, 0) is 38.0 Å². The molecule has 25 heavy (non-hydrogen) atoms. The maximum atomic E-state index is 13.1. The van der Waals surface area contributed by atoms with E-state index in [0.717, 1.165) is 6.07 Å². The molecule has 1 N–H and O–H groups in total. The Morgan fingerprint density at radius 2 is 2.12 bits per heavy atom. The van der Waals surface area contributed by atoms with Crippen molar-refractivity contribution in [2.45, 2.75) is 38.3 Å². The monoisotopic (exact) mass is 373 g/mol. The van der Waals surface area contributed by atoms with Crippen molar-refractivity contribution in [3.63, 3.8) is 0 Å². The summed E-state index contributed by atoms with van der Waals surface area (Å²) in [7, 11) is 0. The highest BCUT2D eigenvalue weighted by molar-refractivity contribution is 6.32. The smallest absolute Gasteiger partial charge is 0.305 e. The first kappa shape index (κ1) is 19.5. The molecule has 8 heteroatoms. The van der Waals surface area contributed by atoms with Crippen molar-refractivity contribution < 1.29 is 28.6 Å². The molecule has 1 aliphatic heterocycles. The lowest BCUT2D eigenvalue weighted by molar-refractivity contribution is -0.144. The van der Waals surface area contributed by atoms with Gasteiger partial charge in [0, 0.05) is 25.8 Å². The number of aliphatic carboxylic acids is 1. The highest BCUT2D eigenvalue weighted by Gasteiger charge is 2.30. The van der Waals surface area contributed by atoms with Crippen LogP contribution in [0.4, 0.5) is 4.39 Å². The molecule has 1 amide bonds. The summed E-state index contributed by atoms with van der Waals surface area (Å²) in [6.45, 7) is 2.72. The van der Waals surface area contributed by atoms with Gasteiger partial charge in [0.25, 0.3) is 5.91 Å². The summed E-state index contributed by atoms with van der Waals surface area (Å²) in [6.07, 6.45) is 0.275. The molecule has 1 aromatic rings. The third-order valence-electron chi connectivity index (χ3n) is 4.03. The van der Waals surface area contributed by atoms with Crippen LogP contribution in [0.15, 0.2) is 18.2 Å². The molecule has 138 valence electrons. The molecular formula is C17H21ClFNO5. The van der Waals surface area contributed by atoms with Crippen molar-refractivity contribution in [3.8, 4) is 5.75 Å². The van der Waals surface area contributed by atoms with Crippen LogP contribution in [0.2, 0.25) is 5.02 Å². The molecule has 0 aliphatic carbocycles. The number of carbonyl (C=O) groups excluding carboxylic acids is 1. The van der Waals surface area contributed by atoms with Gasteiger partial charge in [-0.1, -0.05) is 11.6 Å². The SMILES string of the molecule is C[C@@H](Oc1ccc(F)cc1Cl)C(=O)N(CCC(=O)O)C1CCOCC1. The number of carboxylic acids is 1. The second-order valence-electron chi connectivity index (χ2n) is 5.85. The van der Waals surface area contributed by atoms with Crippen molar-refractivity contribution in [2.75, 3.05) is 19.8 Å². The molecule has 0 radical (unpaired) electrons. The Morgan fingerprint density at radius 1 is 1.44 bits per heavy atom. The first-order valence-corrected chi connectivity index (χ1v) is 8.48. The van der Waals surface area contributed by atoms with E-state index in [1.807, 2.05) is 0 Å². The number of carboxylic acid groups (broad SMARTS) is 1. The zero-order chi connectivity index (χ0) is 18.4. The molecule has 0 bridgehead atoms. The van der Waals surface area contributed by atoms with Gasteiger partial charge in [0.1, 0.15) is 11.6 Å². The Balaban J connectivity index is 2.08. The van der Waals surface area contributed by atoms with Crippen LogP contribution in [0.3, 0.4) is 0 Å². The van der Waals surface area contributed by atoms with Gasteiger partial charge in [-0.15, -0.1) is 0 Å². The molecule has 1 heterocycles. The van der Waals surface area contributed by atoms with Gasteiger partial charge < -0.3 is 19.5 Å². The molecule has 0 spiro atoms. The van der Waals surface area contributed by atoms with E-state index in [9.17, 15) is 14.0 Å². The average molecular weight is 374 g/mol. The Kier molecular flexibility index (Phi) is 7.01. The van der Waals surface area contributed by atoms with Gasteiger partial charge in [0.05, 0.1) is 11.4 Å². The quantitative estimate of drug-likeness (QED) is 0.795. The second-order valence-corrected chi connectivity index (χ2v) is 6.26. The van der Waals surface area contributed by atoms with Crippen LogP contribution in [0.25, 0.3) is 0 Å². The molecule has 1 saturated heterocycles. The summed E-state index contributed by atoms with van der Waals surface area (Å²) < 4.78 is 24.0. The number of halogens is 2. The minimum absolute atomic E-state index is 0.0720. The summed E-state index contributed by atoms with van der Waals surface area (Å²) >= 11 is 5.93. The van der Waals surface area contributed by atoms with E-state index in [1.165, 1.54) is 12.1 Å². The molecule has 1 atom stereocenters. The van der Waals surface area contributed by atoms with E-state index in [0.29, 0.717) is 26.1 Å². The van der Waals surface area contributed by atoms with Crippen LogP contribution in [0, 0.1) is 5.82 Å². The first-order chi connectivity index (χ1) is 11.9. The number of hydrogen-bond acceptors (Lipinski definition) is 4. The Bertz CT molecular complexity index is 621. The van der Waals surface area contributed by atoms with Crippen molar-refractivity contribution in [1.82, 2.24) is 4.90 Å². The molecule has 2 rings (SSSR count). The number of ether oxygens (including phenoxy) is 2. The lowest BCUT2D eigenvalue weighted by Gasteiger charge is -2.35. The number of carbonyl (C=O) groups is 2. The third-order valence-corrected chi connectivity index (χ3v) is 4.32. The minimum atomic E-state index is -0.972. The highest BCUT2D eigenvalue weighted by atomic mass is 35.5. The number of rotatable bonds is 7. The van der Waals surface area contributed by atoms with Crippen molar-refractivity contribution in [1.29, 1.82) is 0 Å². The fourth-order valence-electron chi connectivity index (χ4n) is 2.73. The van der Waals surface area contributed by atoms with Crippen LogP contribution in [0.1, 0.15) is 26.2 Å². The summed E-state index contributed by atoms with van der Waals surface area (Å²) in [4.78, 5) is 25.2. The zero-order valence-electron chi connectivity index (χ0n) is 13.9. The third kappa shape index (κ3) is 5.57. The van der Waals surface area contributed by atoms with Gasteiger partial charge in [-0.2, -0.15) is 0 Å². The topological polar surface area (TPSA) is 76.1 Å². The molecule has 6 nitrogen and oxygen atoms in total. The maximum Gasteiger partial charge on any atom is 0.305 e. The van der Waals surface area contributed by atoms with Gasteiger partial charge in [0.2, 0.25) is 0 Å². The predicted octanol–water partition coefficient (Wildman–Crippen LogP) is 2.73. The summed E-state index contributed by atoms with van der Waals surface area (Å²) in [6, 6.07) is 3.57. The van der Waals surface area contributed by atoms with Crippen LogP contribution in [0.5, 0.6) is 5.75 Å². The number of nitrogens with zero attached hydrogens (tertiary/aromatic N) is 1. The molecule has 0 saturated carbocycles. The number of amides is 1. The maximum absolute atomic E-state index is 13.1. The Hall–Kier alpha value is -1.86. The van der Waals surface area contributed by atoms with E-state index in [-0.39, 0.29) is 35.7 Å². The number of hydrogen-bond donors (Lipinski definition) is 1. The minimum Gasteiger partial charge on any atom is -0.481 e. The van der Waals surface area contributed by atoms with Crippen LogP contribution in [-0.2, 0) is 14.3 Å². The van der Waals surface area contributed by atoms with Crippen LogP contribution < -0.4 is 4.74 Å². The van der Waals surface area contributed by atoms with Crippen LogP contribution in [-0.4, -0.2) is 53.8 Å². The van der Waals surface area contributed by atoms with Crippen LogP contribution >= 0.6 is 11.6 Å². The van der Waals surface area contributed by atoms with E-state index >= 15 is 0 Å². The van der Waals surface area contributed by atoms with E-state index < -0.39 is 17.9 Å². The fraction of sp³-hybridized carbons (Fsp3) is 0.529. The molecule has 0 unspecified atom stereocenters. The van der Waals surface area contributed by atoms with Gasteiger partial charge in [-0.25, -0.2) is 4.39 Å². The summed E-state index contributed by atoms with van der Waals surface area (Å²) in [5, 5.41) is 9.00. The van der Waals surface area contributed by atoms with Gasteiger partial charge in [-0.3, -0.25) is 9.59 Å². The molecular weight excluding hydrogens is 353 g/mol. The lowest BCUT2D eigenvalue weighted by atomic mass is 10.1. The predicted molar refractivity (Wildman–Crippen MR) is 89.3 cm³/mol. The Labute approximate surface area is 150 Å². The van der Waals surface area contributed by atoms with Gasteiger partial charge >= 0.3 is 5.97 Å². The molecule has 1 aliphatic rings. The zero-order valence-corrected chi connectivity index (χ0v) is 14.7. The van der Waals surface area contributed by atoms with Crippen molar-refractivity contribution in [3.05, 3.63) is 29.0 Å². The number of benzene rings is 1. The summed E-state index contributed by atoms with van der Waals surface area (Å²) in [5.41, 5.74) is 0. The van der Waals surface area contributed by atoms with Gasteiger partial charge in [0.15, 0.2) is 6.10 Å². The van der Waals surface area contributed by atoms with Crippen molar-refractivity contribution >= 4 is 23.5 Å². The molecule has 1 aromatic carbocycles. The highest BCUT2D eigenvalue weighted by Crippen LogP contribution is 2.26. The standard InChI is InChI=1S/C17H21ClFNO5/c1-11(25-15-3-2-12(19)10-14(15)18)17(23)20(7-4-16(21)22)13-5-8-24-9-6-13/h2-3,10-11,13H,4-9H2,1H3,(H,21,22)/t11-/m1/s1. The van der Waals surface area contributed by atoms with E-state index in [2.05, 4.69) is 0 Å². The second kappa shape index (κ2) is 9.01. The van der Waals surface area contributed by atoms with Crippen molar-refractivity contribution in [2.24, 2.45) is 0 Å².